The minimum absolute atomic E-state index is 0.302. The van der Waals surface area contributed by atoms with Crippen molar-refractivity contribution in [1.82, 2.24) is 9.78 Å². The van der Waals surface area contributed by atoms with Crippen molar-refractivity contribution in [2.24, 2.45) is 5.92 Å². The van der Waals surface area contributed by atoms with Crippen LogP contribution in [0.15, 0.2) is 24.3 Å². The quantitative estimate of drug-likeness (QED) is 0.793. The normalized spacial score (nSPS) is 11.0. The molecular formula is C18H24N2O2. The van der Waals surface area contributed by atoms with E-state index in [2.05, 4.69) is 37.5 Å². The van der Waals surface area contributed by atoms with Gasteiger partial charge in [-0.25, -0.2) is 4.79 Å². The van der Waals surface area contributed by atoms with Crippen molar-refractivity contribution in [1.29, 1.82) is 0 Å². The van der Waals surface area contributed by atoms with E-state index in [-0.39, 0.29) is 5.97 Å². The van der Waals surface area contributed by atoms with Gasteiger partial charge in [0.1, 0.15) is 0 Å². The van der Waals surface area contributed by atoms with E-state index < -0.39 is 0 Å². The second kappa shape index (κ2) is 6.77. The van der Waals surface area contributed by atoms with E-state index >= 15 is 0 Å². The summed E-state index contributed by atoms with van der Waals surface area (Å²) in [6, 6.07) is 7.57. The summed E-state index contributed by atoms with van der Waals surface area (Å²) in [4.78, 5) is 11.5. The van der Waals surface area contributed by atoms with Gasteiger partial charge in [0.15, 0.2) is 0 Å². The highest BCUT2D eigenvalue weighted by Gasteiger charge is 2.13. The number of methoxy groups -OCH3 is 1. The van der Waals surface area contributed by atoms with Crippen molar-refractivity contribution in [3.05, 3.63) is 52.3 Å². The molecule has 2 rings (SSSR count). The maximum Gasteiger partial charge on any atom is 0.337 e. The molecule has 0 saturated heterocycles. The molecule has 0 aliphatic heterocycles. The van der Waals surface area contributed by atoms with Crippen molar-refractivity contribution in [2.75, 3.05) is 7.11 Å². The summed E-state index contributed by atoms with van der Waals surface area (Å²) in [6.45, 7) is 9.51. The Morgan fingerprint density at radius 3 is 2.41 bits per heavy atom. The number of aromatic nitrogens is 2. The fourth-order valence-electron chi connectivity index (χ4n) is 2.59. The average Bonchev–Trinajstić information content (AvgIpc) is 2.74. The third kappa shape index (κ3) is 3.56. The maximum atomic E-state index is 11.5. The number of esters is 1. The maximum absolute atomic E-state index is 11.5. The molecule has 2 aromatic rings. The molecule has 22 heavy (non-hydrogen) atoms. The molecule has 0 radical (unpaired) electrons. The standard InChI is InChI=1S/C18H24N2O2/c1-12(2)11-20-14(4)17(13(3)19-20)10-15-6-8-16(9-7-15)18(21)22-5/h6-9,12H,10-11H2,1-5H3. The van der Waals surface area contributed by atoms with Crippen LogP contribution in [0.25, 0.3) is 0 Å². The molecule has 0 aliphatic carbocycles. The Kier molecular flexibility index (Phi) is 5.01. The molecule has 0 unspecified atom stereocenters. The molecule has 0 saturated carbocycles. The fraction of sp³-hybridized carbons (Fsp3) is 0.444. The predicted octanol–water partition coefficient (Wildman–Crippen LogP) is 3.53. The van der Waals surface area contributed by atoms with Gasteiger partial charge in [0, 0.05) is 24.2 Å². The Morgan fingerprint density at radius 2 is 1.86 bits per heavy atom. The van der Waals surface area contributed by atoms with Crippen molar-refractivity contribution >= 4 is 5.97 Å². The van der Waals surface area contributed by atoms with Gasteiger partial charge in [0.05, 0.1) is 18.4 Å². The van der Waals surface area contributed by atoms with Gasteiger partial charge in [0.25, 0.3) is 0 Å². The molecule has 0 bridgehead atoms. The number of carbonyl (C=O) groups is 1. The van der Waals surface area contributed by atoms with Gasteiger partial charge in [-0.05, 0) is 37.5 Å². The first-order chi connectivity index (χ1) is 10.4. The summed E-state index contributed by atoms with van der Waals surface area (Å²) in [5.74, 6) is 0.272. The van der Waals surface area contributed by atoms with Gasteiger partial charge < -0.3 is 4.74 Å². The van der Waals surface area contributed by atoms with Gasteiger partial charge in [-0.3, -0.25) is 4.68 Å². The number of aryl methyl sites for hydroxylation is 1. The van der Waals surface area contributed by atoms with Gasteiger partial charge in [-0.15, -0.1) is 0 Å². The monoisotopic (exact) mass is 300 g/mol. The predicted molar refractivity (Wildman–Crippen MR) is 87.1 cm³/mol. The number of hydrogen-bond donors (Lipinski definition) is 0. The lowest BCUT2D eigenvalue weighted by Crippen LogP contribution is -2.08. The summed E-state index contributed by atoms with van der Waals surface area (Å²) in [6.07, 6.45) is 0.831. The lowest BCUT2D eigenvalue weighted by atomic mass is 10.0. The molecule has 4 heteroatoms. The average molecular weight is 300 g/mol. The highest BCUT2D eigenvalue weighted by atomic mass is 16.5. The Labute approximate surface area is 132 Å². The number of ether oxygens (including phenoxy) is 1. The number of rotatable bonds is 5. The number of carbonyl (C=O) groups excluding carboxylic acids is 1. The van der Waals surface area contributed by atoms with E-state index in [4.69, 9.17) is 4.74 Å². The Bertz CT molecular complexity index is 654. The summed E-state index contributed by atoms with van der Waals surface area (Å²) in [7, 11) is 1.39. The van der Waals surface area contributed by atoms with Crippen LogP contribution in [0.1, 0.15) is 46.7 Å². The molecule has 1 aromatic carbocycles. The zero-order valence-corrected chi connectivity index (χ0v) is 14.0. The second-order valence-corrected chi connectivity index (χ2v) is 6.09. The van der Waals surface area contributed by atoms with Crippen molar-refractivity contribution in [3.63, 3.8) is 0 Å². The highest BCUT2D eigenvalue weighted by molar-refractivity contribution is 5.89. The Hall–Kier alpha value is -2.10. The highest BCUT2D eigenvalue weighted by Crippen LogP contribution is 2.19. The summed E-state index contributed by atoms with van der Waals surface area (Å²) in [5.41, 5.74) is 5.32. The van der Waals surface area contributed by atoms with Gasteiger partial charge >= 0.3 is 5.97 Å². The van der Waals surface area contributed by atoms with Crippen LogP contribution in [-0.4, -0.2) is 22.9 Å². The number of hydrogen-bond acceptors (Lipinski definition) is 3. The molecule has 0 aliphatic rings. The van der Waals surface area contributed by atoms with Crippen LogP contribution in [0.2, 0.25) is 0 Å². The van der Waals surface area contributed by atoms with Crippen molar-refractivity contribution < 1.29 is 9.53 Å². The van der Waals surface area contributed by atoms with E-state index in [9.17, 15) is 4.79 Å². The molecule has 118 valence electrons. The van der Waals surface area contributed by atoms with Gasteiger partial charge in [0.2, 0.25) is 0 Å². The minimum atomic E-state index is -0.302. The Morgan fingerprint density at radius 1 is 1.23 bits per heavy atom. The molecular weight excluding hydrogens is 276 g/mol. The zero-order chi connectivity index (χ0) is 16.3. The molecule has 1 heterocycles. The molecule has 0 atom stereocenters. The first kappa shape index (κ1) is 16.3. The van der Waals surface area contributed by atoms with Crippen LogP contribution in [0.3, 0.4) is 0 Å². The molecule has 0 fully saturated rings. The Balaban J connectivity index is 2.20. The SMILES string of the molecule is COC(=O)c1ccc(Cc2c(C)nn(CC(C)C)c2C)cc1. The van der Waals surface area contributed by atoms with Crippen molar-refractivity contribution in [3.8, 4) is 0 Å². The third-order valence-electron chi connectivity index (χ3n) is 3.83. The molecule has 4 nitrogen and oxygen atoms in total. The van der Waals surface area contributed by atoms with Crippen LogP contribution in [-0.2, 0) is 17.7 Å². The van der Waals surface area contributed by atoms with E-state index in [1.165, 1.54) is 23.9 Å². The lowest BCUT2D eigenvalue weighted by Gasteiger charge is -2.08. The van der Waals surface area contributed by atoms with E-state index in [1.807, 2.05) is 24.3 Å². The molecule has 0 amide bonds. The topological polar surface area (TPSA) is 44.1 Å². The molecule has 0 spiro atoms. The van der Waals surface area contributed by atoms with Gasteiger partial charge in [-0.2, -0.15) is 5.10 Å². The second-order valence-electron chi connectivity index (χ2n) is 6.09. The van der Waals surface area contributed by atoms with Crippen LogP contribution < -0.4 is 0 Å². The first-order valence-electron chi connectivity index (χ1n) is 7.62. The summed E-state index contributed by atoms with van der Waals surface area (Å²) in [5, 5.41) is 4.65. The summed E-state index contributed by atoms with van der Waals surface area (Å²) >= 11 is 0. The number of nitrogens with zero attached hydrogens (tertiary/aromatic N) is 2. The minimum Gasteiger partial charge on any atom is -0.465 e. The first-order valence-corrected chi connectivity index (χ1v) is 7.62. The fourth-order valence-corrected chi connectivity index (χ4v) is 2.59. The van der Waals surface area contributed by atoms with Crippen LogP contribution in [0, 0.1) is 19.8 Å². The third-order valence-corrected chi connectivity index (χ3v) is 3.83. The van der Waals surface area contributed by atoms with E-state index in [0.717, 1.165) is 18.7 Å². The summed E-state index contributed by atoms with van der Waals surface area (Å²) < 4.78 is 6.82. The zero-order valence-electron chi connectivity index (χ0n) is 14.0. The molecule has 0 N–H and O–H groups in total. The largest absolute Gasteiger partial charge is 0.465 e. The number of benzene rings is 1. The van der Waals surface area contributed by atoms with E-state index in [0.29, 0.717) is 11.5 Å². The van der Waals surface area contributed by atoms with Crippen LogP contribution in [0.4, 0.5) is 0 Å². The van der Waals surface area contributed by atoms with Gasteiger partial charge in [-0.1, -0.05) is 26.0 Å². The van der Waals surface area contributed by atoms with Crippen LogP contribution >= 0.6 is 0 Å². The smallest absolute Gasteiger partial charge is 0.337 e. The van der Waals surface area contributed by atoms with Crippen LogP contribution in [0.5, 0.6) is 0 Å². The van der Waals surface area contributed by atoms with Crippen molar-refractivity contribution in [2.45, 2.75) is 40.7 Å². The molecule has 1 aromatic heterocycles. The lowest BCUT2D eigenvalue weighted by molar-refractivity contribution is 0.0600. The van der Waals surface area contributed by atoms with E-state index in [1.54, 1.807) is 0 Å².